The number of sulfone groups is 1. The van der Waals surface area contributed by atoms with Crippen LogP contribution in [-0.4, -0.2) is 37.9 Å². The first-order chi connectivity index (χ1) is 13.7. The number of amides is 2. The quantitative estimate of drug-likeness (QED) is 0.543. The van der Waals surface area contributed by atoms with Crippen molar-refractivity contribution in [2.75, 3.05) is 23.7 Å². The van der Waals surface area contributed by atoms with Gasteiger partial charge in [-0.3, -0.25) is 0 Å². The standard InChI is InChI=1S/C20H24ClN3O4S/c1-12-5-3-7-16(13(12)2)23-20(26)24-17-9-8-15(21)19(18(17)25)29(27,28)14-6-4-10-22-11-14/h3,5,7-9,14,22,25H,4,6,10-11H2,1-2H3,(H2,23,24,26)/t14-/m0/s1. The minimum atomic E-state index is -3.87. The lowest BCUT2D eigenvalue weighted by Gasteiger charge is -2.24. The fourth-order valence-corrected chi connectivity index (χ4v) is 5.67. The monoisotopic (exact) mass is 437 g/mol. The summed E-state index contributed by atoms with van der Waals surface area (Å²) in [7, 11) is -3.87. The van der Waals surface area contributed by atoms with E-state index < -0.39 is 26.9 Å². The summed E-state index contributed by atoms with van der Waals surface area (Å²) in [4.78, 5) is 12.1. The molecule has 4 N–H and O–H groups in total. The number of aromatic hydroxyl groups is 1. The first-order valence-corrected chi connectivity index (χ1v) is 11.2. The van der Waals surface area contributed by atoms with Crippen LogP contribution in [0.25, 0.3) is 0 Å². The predicted molar refractivity (Wildman–Crippen MR) is 115 cm³/mol. The van der Waals surface area contributed by atoms with Crippen LogP contribution in [0.15, 0.2) is 35.2 Å². The summed E-state index contributed by atoms with van der Waals surface area (Å²) in [5.74, 6) is -0.556. The van der Waals surface area contributed by atoms with Crippen LogP contribution in [-0.2, 0) is 9.84 Å². The van der Waals surface area contributed by atoms with Gasteiger partial charge in [-0.1, -0.05) is 23.7 Å². The highest BCUT2D eigenvalue weighted by Crippen LogP contribution is 2.39. The van der Waals surface area contributed by atoms with Crippen molar-refractivity contribution < 1.29 is 18.3 Å². The number of piperidine rings is 1. The van der Waals surface area contributed by atoms with Crippen molar-refractivity contribution in [1.82, 2.24) is 5.32 Å². The van der Waals surface area contributed by atoms with Gasteiger partial charge in [0, 0.05) is 12.2 Å². The Kier molecular flexibility index (Phi) is 6.36. The number of phenols is 1. The van der Waals surface area contributed by atoms with Gasteiger partial charge in [0.2, 0.25) is 0 Å². The summed E-state index contributed by atoms with van der Waals surface area (Å²) in [5, 5.41) is 18.1. The number of carbonyl (C=O) groups excluding carboxylic acids is 1. The SMILES string of the molecule is Cc1cccc(NC(=O)Nc2ccc(Cl)c(S(=O)(=O)[C@H]3CCCNC3)c2O)c1C. The zero-order chi connectivity index (χ0) is 21.2. The van der Waals surface area contributed by atoms with Gasteiger partial charge < -0.3 is 21.1 Å². The third kappa shape index (κ3) is 4.49. The molecule has 0 spiro atoms. The lowest BCUT2D eigenvalue weighted by molar-refractivity contribution is 0.262. The number of halogens is 1. The molecule has 7 nitrogen and oxygen atoms in total. The van der Waals surface area contributed by atoms with Gasteiger partial charge in [0.05, 0.1) is 16.0 Å². The number of anilines is 2. The molecule has 0 unspecified atom stereocenters. The highest BCUT2D eigenvalue weighted by atomic mass is 35.5. The Labute approximate surface area is 175 Å². The smallest absolute Gasteiger partial charge is 0.323 e. The lowest BCUT2D eigenvalue weighted by atomic mass is 10.1. The molecule has 1 atom stereocenters. The largest absolute Gasteiger partial charge is 0.504 e. The Morgan fingerprint density at radius 2 is 1.90 bits per heavy atom. The molecule has 1 aliphatic rings. The Hall–Kier alpha value is -2.29. The van der Waals surface area contributed by atoms with Crippen molar-refractivity contribution in [1.29, 1.82) is 0 Å². The summed E-state index contributed by atoms with van der Waals surface area (Å²) in [6.45, 7) is 4.86. The van der Waals surface area contributed by atoms with Gasteiger partial charge in [-0.25, -0.2) is 13.2 Å². The Balaban J connectivity index is 1.87. The topological polar surface area (TPSA) is 108 Å². The molecule has 2 amide bonds. The second-order valence-corrected chi connectivity index (χ2v) is 9.68. The van der Waals surface area contributed by atoms with E-state index in [-0.39, 0.29) is 15.6 Å². The number of urea groups is 1. The number of hydrogen-bond donors (Lipinski definition) is 4. The molecule has 1 aliphatic heterocycles. The minimum absolute atomic E-state index is 0.0282. The van der Waals surface area contributed by atoms with E-state index in [4.69, 9.17) is 11.6 Å². The summed E-state index contributed by atoms with van der Waals surface area (Å²) in [5.41, 5.74) is 2.53. The summed E-state index contributed by atoms with van der Waals surface area (Å²) >= 11 is 6.12. The third-order valence-electron chi connectivity index (χ3n) is 5.16. The van der Waals surface area contributed by atoms with Crippen LogP contribution >= 0.6 is 11.6 Å². The van der Waals surface area contributed by atoms with E-state index in [9.17, 15) is 18.3 Å². The van der Waals surface area contributed by atoms with E-state index in [0.717, 1.165) is 24.1 Å². The molecule has 0 bridgehead atoms. The number of aryl methyl sites for hydroxylation is 1. The van der Waals surface area contributed by atoms with Crippen LogP contribution in [0.3, 0.4) is 0 Å². The second-order valence-electron chi connectivity index (χ2n) is 7.11. The number of hydrogen-bond acceptors (Lipinski definition) is 5. The number of carbonyl (C=O) groups is 1. The van der Waals surface area contributed by atoms with Crippen LogP contribution in [0.5, 0.6) is 5.75 Å². The molecule has 29 heavy (non-hydrogen) atoms. The molecule has 0 aliphatic carbocycles. The van der Waals surface area contributed by atoms with Gasteiger partial charge in [-0.05, 0) is 62.6 Å². The van der Waals surface area contributed by atoms with Crippen molar-refractivity contribution in [2.24, 2.45) is 0 Å². The Morgan fingerprint density at radius 3 is 2.59 bits per heavy atom. The number of benzene rings is 2. The highest BCUT2D eigenvalue weighted by molar-refractivity contribution is 7.92. The maximum Gasteiger partial charge on any atom is 0.323 e. The van der Waals surface area contributed by atoms with E-state index >= 15 is 0 Å². The molecule has 1 heterocycles. The summed E-state index contributed by atoms with van der Waals surface area (Å²) < 4.78 is 26.1. The maximum absolute atomic E-state index is 13.0. The second kappa shape index (κ2) is 8.61. The zero-order valence-electron chi connectivity index (χ0n) is 16.3. The van der Waals surface area contributed by atoms with Crippen molar-refractivity contribution in [2.45, 2.75) is 36.8 Å². The van der Waals surface area contributed by atoms with Crippen LogP contribution in [0.1, 0.15) is 24.0 Å². The van der Waals surface area contributed by atoms with E-state index in [1.165, 1.54) is 12.1 Å². The number of rotatable bonds is 4. The normalized spacial score (nSPS) is 17.0. The highest BCUT2D eigenvalue weighted by Gasteiger charge is 2.34. The maximum atomic E-state index is 13.0. The van der Waals surface area contributed by atoms with Crippen molar-refractivity contribution in [3.63, 3.8) is 0 Å². The average Bonchev–Trinajstić information content (AvgIpc) is 2.68. The van der Waals surface area contributed by atoms with Gasteiger partial charge in [0.1, 0.15) is 4.90 Å². The molecule has 0 radical (unpaired) electrons. The fraction of sp³-hybridized carbons (Fsp3) is 0.350. The molecule has 1 saturated heterocycles. The molecule has 0 aromatic heterocycles. The van der Waals surface area contributed by atoms with E-state index in [0.29, 0.717) is 18.7 Å². The first kappa shape index (κ1) is 21.4. The summed E-state index contributed by atoms with van der Waals surface area (Å²) in [6.07, 6.45) is 1.20. The average molecular weight is 438 g/mol. The van der Waals surface area contributed by atoms with Crippen LogP contribution in [0, 0.1) is 13.8 Å². The molecule has 9 heteroatoms. The minimum Gasteiger partial charge on any atom is -0.504 e. The molecule has 0 saturated carbocycles. The molecular weight excluding hydrogens is 414 g/mol. The lowest BCUT2D eigenvalue weighted by Crippen LogP contribution is -2.38. The Bertz CT molecular complexity index is 1030. The summed E-state index contributed by atoms with van der Waals surface area (Å²) in [6, 6.07) is 7.65. The molecule has 3 rings (SSSR count). The van der Waals surface area contributed by atoms with Gasteiger partial charge in [-0.2, -0.15) is 0 Å². The van der Waals surface area contributed by atoms with Crippen molar-refractivity contribution in [3.8, 4) is 5.75 Å². The molecule has 2 aromatic rings. The Morgan fingerprint density at radius 1 is 1.17 bits per heavy atom. The van der Waals surface area contributed by atoms with Crippen LogP contribution in [0.2, 0.25) is 5.02 Å². The molecular formula is C20H24ClN3O4S. The number of phenolic OH excluding ortho intramolecular Hbond substituents is 1. The van der Waals surface area contributed by atoms with Gasteiger partial charge in [-0.15, -0.1) is 0 Å². The van der Waals surface area contributed by atoms with Crippen LogP contribution in [0.4, 0.5) is 16.2 Å². The van der Waals surface area contributed by atoms with E-state index in [2.05, 4.69) is 16.0 Å². The van der Waals surface area contributed by atoms with E-state index in [1.807, 2.05) is 26.0 Å². The third-order valence-corrected chi connectivity index (χ3v) is 7.85. The predicted octanol–water partition coefficient (Wildman–Crippen LogP) is 3.83. The van der Waals surface area contributed by atoms with E-state index in [1.54, 1.807) is 6.07 Å². The van der Waals surface area contributed by atoms with Gasteiger partial charge in [0.15, 0.2) is 15.6 Å². The van der Waals surface area contributed by atoms with Gasteiger partial charge in [0.25, 0.3) is 0 Å². The molecule has 156 valence electrons. The van der Waals surface area contributed by atoms with Crippen molar-refractivity contribution >= 4 is 38.8 Å². The molecule has 2 aromatic carbocycles. The first-order valence-electron chi connectivity index (χ1n) is 9.32. The van der Waals surface area contributed by atoms with Crippen LogP contribution < -0.4 is 16.0 Å². The van der Waals surface area contributed by atoms with Crippen molar-refractivity contribution in [3.05, 3.63) is 46.5 Å². The van der Waals surface area contributed by atoms with Gasteiger partial charge >= 0.3 is 6.03 Å². The fourth-order valence-electron chi connectivity index (χ4n) is 3.33. The molecule has 1 fully saturated rings. The number of nitrogens with one attached hydrogen (secondary N) is 3. The zero-order valence-corrected chi connectivity index (χ0v) is 17.8.